The van der Waals surface area contributed by atoms with Crippen LogP contribution in [0.15, 0.2) is 29.6 Å². The molecule has 0 saturated carbocycles. The summed E-state index contributed by atoms with van der Waals surface area (Å²) < 4.78 is 13.2. The lowest BCUT2D eigenvalue weighted by atomic mass is 9.89. The lowest BCUT2D eigenvalue weighted by molar-refractivity contribution is 0.543. The summed E-state index contributed by atoms with van der Waals surface area (Å²) in [6, 6.07) is 7.06. The molecule has 1 heterocycles. The molecule has 17 heavy (non-hydrogen) atoms. The van der Waals surface area contributed by atoms with Gasteiger partial charge in [0.2, 0.25) is 0 Å². The Kier molecular flexibility index (Phi) is 2.35. The van der Waals surface area contributed by atoms with Gasteiger partial charge >= 0.3 is 0 Å². The second-order valence-corrected chi connectivity index (χ2v) is 5.62. The quantitative estimate of drug-likeness (QED) is 0.821. The molecule has 0 amide bonds. The summed E-state index contributed by atoms with van der Waals surface area (Å²) in [7, 11) is 0. The van der Waals surface area contributed by atoms with E-state index < -0.39 is 5.54 Å². The maximum absolute atomic E-state index is 13.2. The number of aryl methyl sites for hydroxylation is 2. The van der Waals surface area contributed by atoms with Gasteiger partial charge in [0.05, 0.1) is 5.54 Å². The number of hydrogen-bond acceptors (Lipinski definition) is 2. The molecule has 0 fully saturated rings. The third kappa shape index (κ3) is 1.53. The van der Waals surface area contributed by atoms with Crippen LogP contribution in [0.2, 0.25) is 0 Å². The largest absolute Gasteiger partial charge is 0.317 e. The zero-order chi connectivity index (χ0) is 12.0. The molecule has 1 aromatic heterocycles. The summed E-state index contributed by atoms with van der Waals surface area (Å²) >= 11 is 1.69. The van der Waals surface area contributed by atoms with Crippen LogP contribution in [0, 0.1) is 12.7 Å². The first-order valence-corrected chi connectivity index (χ1v) is 6.61. The fourth-order valence-corrected chi connectivity index (χ4v) is 3.82. The minimum atomic E-state index is -0.415. The molecule has 0 saturated heterocycles. The second-order valence-electron chi connectivity index (χ2n) is 4.71. The molecular formula is C14H14FNS. The molecule has 2 N–H and O–H groups in total. The van der Waals surface area contributed by atoms with Crippen molar-refractivity contribution in [3.63, 3.8) is 0 Å². The highest BCUT2D eigenvalue weighted by atomic mass is 32.1. The summed E-state index contributed by atoms with van der Waals surface area (Å²) in [5, 5.41) is 2.07. The molecule has 0 radical (unpaired) electrons. The molecule has 1 aliphatic carbocycles. The van der Waals surface area contributed by atoms with E-state index in [0.29, 0.717) is 0 Å². The van der Waals surface area contributed by atoms with Crippen LogP contribution in [-0.2, 0) is 12.0 Å². The maximum Gasteiger partial charge on any atom is 0.123 e. The number of hydrogen-bond donors (Lipinski definition) is 1. The predicted molar refractivity (Wildman–Crippen MR) is 68.7 cm³/mol. The molecule has 1 atom stereocenters. The van der Waals surface area contributed by atoms with E-state index in [1.165, 1.54) is 16.5 Å². The third-order valence-corrected chi connectivity index (χ3v) is 4.80. The van der Waals surface area contributed by atoms with Gasteiger partial charge in [-0.1, -0.05) is 6.07 Å². The summed E-state index contributed by atoms with van der Waals surface area (Å²) in [5.74, 6) is -0.170. The first kappa shape index (κ1) is 10.9. The molecular weight excluding hydrogens is 233 g/mol. The van der Waals surface area contributed by atoms with Crippen LogP contribution in [0.5, 0.6) is 0 Å². The summed E-state index contributed by atoms with van der Waals surface area (Å²) in [6.07, 6.45) is 1.73. The minimum Gasteiger partial charge on any atom is -0.317 e. The normalized spacial score (nSPS) is 22.8. The Morgan fingerprint density at radius 1 is 1.35 bits per heavy atom. The second kappa shape index (κ2) is 3.65. The van der Waals surface area contributed by atoms with Crippen molar-refractivity contribution in [2.45, 2.75) is 25.3 Å². The van der Waals surface area contributed by atoms with E-state index in [9.17, 15) is 4.39 Å². The van der Waals surface area contributed by atoms with E-state index in [0.717, 1.165) is 24.0 Å². The van der Waals surface area contributed by atoms with Crippen molar-refractivity contribution in [1.29, 1.82) is 0 Å². The molecule has 0 bridgehead atoms. The van der Waals surface area contributed by atoms with E-state index in [1.807, 2.05) is 6.07 Å². The Hall–Kier alpha value is -1.19. The Labute approximate surface area is 104 Å². The summed E-state index contributed by atoms with van der Waals surface area (Å²) in [4.78, 5) is 1.21. The van der Waals surface area contributed by atoms with E-state index in [-0.39, 0.29) is 5.82 Å². The third-order valence-electron chi connectivity index (χ3n) is 3.60. The molecule has 88 valence electrons. The monoisotopic (exact) mass is 247 g/mol. The highest BCUT2D eigenvalue weighted by Crippen LogP contribution is 2.43. The molecule has 2 aromatic rings. The SMILES string of the molecule is Cc1ccsc1C1(N)CCc2cc(F)ccc21. The van der Waals surface area contributed by atoms with E-state index in [4.69, 9.17) is 5.73 Å². The van der Waals surface area contributed by atoms with Crippen LogP contribution in [0.3, 0.4) is 0 Å². The Morgan fingerprint density at radius 3 is 2.88 bits per heavy atom. The maximum atomic E-state index is 13.2. The molecule has 1 nitrogen and oxygen atoms in total. The van der Waals surface area contributed by atoms with Crippen molar-refractivity contribution < 1.29 is 4.39 Å². The van der Waals surface area contributed by atoms with Crippen molar-refractivity contribution in [2.24, 2.45) is 5.73 Å². The summed E-state index contributed by atoms with van der Waals surface area (Å²) in [6.45, 7) is 2.09. The van der Waals surface area contributed by atoms with Crippen LogP contribution in [-0.4, -0.2) is 0 Å². The van der Waals surface area contributed by atoms with E-state index in [2.05, 4.69) is 18.4 Å². The first-order valence-electron chi connectivity index (χ1n) is 5.73. The molecule has 1 aliphatic rings. The van der Waals surface area contributed by atoms with Gasteiger partial charge in [0, 0.05) is 4.88 Å². The van der Waals surface area contributed by atoms with Gasteiger partial charge in [0.15, 0.2) is 0 Å². The van der Waals surface area contributed by atoms with Crippen LogP contribution in [0.4, 0.5) is 4.39 Å². The van der Waals surface area contributed by atoms with Crippen molar-refractivity contribution in [3.05, 3.63) is 57.0 Å². The number of nitrogens with two attached hydrogens (primary N) is 1. The fourth-order valence-electron chi connectivity index (χ4n) is 2.74. The van der Waals surface area contributed by atoms with Crippen molar-refractivity contribution in [1.82, 2.24) is 0 Å². The average molecular weight is 247 g/mol. The zero-order valence-electron chi connectivity index (χ0n) is 9.66. The highest BCUT2D eigenvalue weighted by molar-refractivity contribution is 7.10. The zero-order valence-corrected chi connectivity index (χ0v) is 10.5. The van der Waals surface area contributed by atoms with Crippen molar-refractivity contribution >= 4 is 11.3 Å². The molecule has 1 unspecified atom stereocenters. The highest BCUT2D eigenvalue weighted by Gasteiger charge is 2.38. The lowest BCUT2D eigenvalue weighted by Crippen LogP contribution is -2.35. The molecule has 1 aromatic carbocycles. The van der Waals surface area contributed by atoms with E-state index in [1.54, 1.807) is 17.4 Å². The number of benzene rings is 1. The van der Waals surface area contributed by atoms with Crippen molar-refractivity contribution in [2.75, 3.05) is 0 Å². The molecule has 3 rings (SSSR count). The number of fused-ring (bicyclic) bond motifs is 1. The number of thiophene rings is 1. The van der Waals surface area contributed by atoms with Crippen molar-refractivity contribution in [3.8, 4) is 0 Å². The van der Waals surface area contributed by atoms with Gasteiger partial charge in [0.1, 0.15) is 5.82 Å². The standard InChI is InChI=1S/C14H14FNS/c1-9-5-7-17-13(9)14(16)6-4-10-8-11(15)2-3-12(10)14/h2-3,5,7-8H,4,6,16H2,1H3. The van der Waals surface area contributed by atoms with Gasteiger partial charge in [0.25, 0.3) is 0 Å². The average Bonchev–Trinajstić information content (AvgIpc) is 2.85. The Morgan fingerprint density at radius 2 is 2.18 bits per heavy atom. The van der Waals surface area contributed by atoms with E-state index >= 15 is 0 Å². The van der Waals surface area contributed by atoms with Gasteiger partial charge in [-0.3, -0.25) is 0 Å². The van der Waals surface area contributed by atoms with Crippen LogP contribution in [0.25, 0.3) is 0 Å². The van der Waals surface area contributed by atoms with Gasteiger partial charge in [-0.05, 0) is 60.0 Å². The van der Waals surface area contributed by atoms with Gasteiger partial charge in [-0.15, -0.1) is 11.3 Å². The molecule has 0 aliphatic heterocycles. The number of rotatable bonds is 1. The Balaban J connectivity index is 2.17. The smallest absolute Gasteiger partial charge is 0.123 e. The van der Waals surface area contributed by atoms with Gasteiger partial charge < -0.3 is 5.73 Å². The van der Waals surface area contributed by atoms with Crippen LogP contribution in [0.1, 0.15) is 28.0 Å². The van der Waals surface area contributed by atoms with Gasteiger partial charge in [-0.2, -0.15) is 0 Å². The summed E-state index contributed by atoms with van der Waals surface area (Å²) in [5.41, 5.74) is 9.53. The molecule has 0 spiro atoms. The lowest BCUT2D eigenvalue weighted by Gasteiger charge is -2.25. The Bertz CT molecular complexity index is 575. The van der Waals surface area contributed by atoms with Crippen LogP contribution >= 0.6 is 11.3 Å². The van der Waals surface area contributed by atoms with Crippen LogP contribution < -0.4 is 5.73 Å². The molecule has 3 heteroatoms. The number of halogens is 1. The first-order chi connectivity index (χ1) is 8.11. The topological polar surface area (TPSA) is 26.0 Å². The predicted octanol–water partition coefficient (Wildman–Crippen LogP) is 3.34. The fraction of sp³-hybridized carbons (Fsp3) is 0.286. The minimum absolute atomic E-state index is 0.170. The van der Waals surface area contributed by atoms with Gasteiger partial charge in [-0.25, -0.2) is 4.39 Å².